The molecule has 1 aromatic rings. The Bertz CT molecular complexity index is 503. The number of aliphatic hydroxyl groups is 1. The monoisotopic (exact) mass is 291 g/mol. The van der Waals surface area contributed by atoms with E-state index in [1.807, 2.05) is 12.1 Å². The Morgan fingerprint density at radius 3 is 2.57 bits per heavy atom. The van der Waals surface area contributed by atoms with Crippen LogP contribution in [-0.4, -0.2) is 18.8 Å². The lowest BCUT2D eigenvalue weighted by atomic mass is 9.85. The van der Waals surface area contributed by atoms with Crippen molar-refractivity contribution in [2.45, 2.75) is 51.5 Å². The third-order valence-electron chi connectivity index (χ3n) is 3.53. The average Bonchev–Trinajstić information content (AvgIpc) is 2.45. The number of benzene rings is 1. The summed E-state index contributed by atoms with van der Waals surface area (Å²) >= 11 is 0. The van der Waals surface area contributed by atoms with Crippen LogP contribution >= 0.6 is 0 Å². The first-order chi connectivity index (χ1) is 9.93. The molecule has 5 nitrogen and oxygen atoms in total. The van der Waals surface area contributed by atoms with Crippen LogP contribution in [0.25, 0.3) is 10.4 Å². The second-order valence-corrected chi connectivity index (χ2v) is 6.15. The molecule has 5 heteroatoms. The maximum absolute atomic E-state index is 8.90. The van der Waals surface area contributed by atoms with Gasteiger partial charge < -0.3 is 9.84 Å². The Kier molecular flexibility index (Phi) is 6.53. The molecule has 1 unspecified atom stereocenters. The second kappa shape index (κ2) is 7.91. The summed E-state index contributed by atoms with van der Waals surface area (Å²) in [6.07, 6.45) is 2.22. The highest BCUT2D eigenvalue weighted by Gasteiger charge is 2.20. The minimum absolute atomic E-state index is 0.0209. The van der Waals surface area contributed by atoms with Gasteiger partial charge in [-0.2, -0.15) is 0 Å². The first-order valence-corrected chi connectivity index (χ1v) is 7.27. The number of methoxy groups -OCH3 is 1. The van der Waals surface area contributed by atoms with E-state index in [4.69, 9.17) is 15.4 Å². The molecule has 0 bridgehead atoms. The Balaban J connectivity index is 3.17. The van der Waals surface area contributed by atoms with Crippen LogP contribution in [0.15, 0.2) is 23.3 Å². The molecule has 0 fully saturated rings. The van der Waals surface area contributed by atoms with E-state index in [9.17, 15) is 0 Å². The molecule has 1 rings (SSSR count). The third-order valence-corrected chi connectivity index (χ3v) is 3.53. The molecule has 21 heavy (non-hydrogen) atoms. The van der Waals surface area contributed by atoms with Crippen LogP contribution in [0, 0.1) is 0 Å². The Labute approximate surface area is 126 Å². The molecular formula is C16H25N3O2. The molecule has 0 aliphatic heterocycles. The molecule has 1 N–H and O–H groups in total. The van der Waals surface area contributed by atoms with E-state index in [1.165, 1.54) is 5.56 Å². The summed E-state index contributed by atoms with van der Waals surface area (Å²) in [5, 5.41) is 12.8. The predicted molar refractivity (Wildman–Crippen MR) is 84.5 cm³/mol. The third kappa shape index (κ3) is 4.96. The van der Waals surface area contributed by atoms with Gasteiger partial charge in [-0.15, -0.1) is 0 Å². The number of aliphatic hydroxyl groups excluding tert-OH is 1. The number of unbranched alkanes of at least 4 members (excludes halogenated alkanes) is 1. The molecule has 0 heterocycles. The van der Waals surface area contributed by atoms with E-state index < -0.39 is 0 Å². The zero-order valence-electron chi connectivity index (χ0n) is 13.3. The van der Waals surface area contributed by atoms with Crippen LogP contribution in [0.3, 0.4) is 0 Å². The van der Waals surface area contributed by atoms with Crippen LogP contribution in [0.4, 0.5) is 0 Å². The Morgan fingerprint density at radius 1 is 1.33 bits per heavy atom. The highest BCUT2D eigenvalue weighted by atomic mass is 16.5. The largest absolute Gasteiger partial charge is 0.496 e. The van der Waals surface area contributed by atoms with E-state index in [0.717, 1.165) is 17.7 Å². The molecule has 0 amide bonds. The van der Waals surface area contributed by atoms with Crippen molar-refractivity contribution in [1.82, 2.24) is 0 Å². The average molecular weight is 291 g/mol. The van der Waals surface area contributed by atoms with Gasteiger partial charge >= 0.3 is 0 Å². The number of rotatable bonds is 7. The standard InChI is InChI=1S/C16H25N3O2/c1-16(2,3)12-8-9-15(21-4)13(11-12)14(18-19-17)7-5-6-10-20/h8-9,11,14,20H,5-7,10H2,1-4H3. The fourth-order valence-corrected chi connectivity index (χ4v) is 2.25. The normalized spacial score (nSPS) is 12.6. The van der Waals surface area contributed by atoms with Gasteiger partial charge in [0.2, 0.25) is 0 Å². The first-order valence-electron chi connectivity index (χ1n) is 7.27. The molecule has 0 saturated heterocycles. The molecule has 0 spiro atoms. The highest BCUT2D eigenvalue weighted by Crippen LogP contribution is 2.35. The predicted octanol–water partition coefficient (Wildman–Crippen LogP) is 4.51. The highest BCUT2D eigenvalue weighted by molar-refractivity contribution is 5.41. The first kappa shape index (κ1) is 17.3. The fourth-order valence-electron chi connectivity index (χ4n) is 2.25. The minimum atomic E-state index is -0.265. The SMILES string of the molecule is COc1ccc(C(C)(C)C)cc1C(CCCCO)N=[N+]=[N-]. The van der Waals surface area contributed by atoms with Gasteiger partial charge in [-0.05, 0) is 35.4 Å². The van der Waals surface area contributed by atoms with Gasteiger partial charge in [-0.25, -0.2) is 0 Å². The van der Waals surface area contributed by atoms with Crippen LogP contribution in [0.1, 0.15) is 57.2 Å². The van der Waals surface area contributed by atoms with Crippen LogP contribution in [-0.2, 0) is 5.41 Å². The van der Waals surface area contributed by atoms with Gasteiger partial charge in [0.1, 0.15) is 5.75 Å². The van der Waals surface area contributed by atoms with Crippen molar-refractivity contribution in [1.29, 1.82) is 0 Å². The zero-order valence-corrected chi connectivity index (χ0v) is 13.3. The Morgan fingerprint density at radius 2 is 2.05 bits per heavy atom. The molecule has 0 aliphatic rings. The van der Waals surface area contributed by atoms with Crippen LogP contribution < -0.4 is 4.74 Å². The maximum atomic E-state index is 8.90. The fraction of sp³-hybridized carbons (Fsp3) is 0.625. The summed E-state index contributed by atoms with van der Waals surface area (Å²) in [5.74, 6) is 0.740. The lowest BCUT2D eigenvalue weighted by Gasteiger charge is -2.23. The van der Waals surface area contributed by atoms with Crippen molar-refractivity contribution in [2.75, 3.05) is 13.7 Å². The van der Waals surface area contributed by atoms with Gasteiger partial charge in [0.05, 0.1) is 13.2 Å². The maximum Gasteiger partial charge on any atom is 0.122 e. The summed E-state index contributed by atoms with van der Waals surface area (Å²) < 4.78 is 5.41. The van der Waals surface area contributed by atoms with E-state index in [-0.39, 0.29) is 18.1 Å². The number of azide groups is 1. The minimum Gasteiger partial charge on any atom is -0.496 e. The van der Waals surface area contributed by atoms with Crippen molar-refractivity contribution < 1.29 is 9.84 Å². The lowest BCUT2D eigenvalue weighted by Crippen LogP contribution is -2.12. The summed E-state index contributed by atoms with van der Waals surface area (Å²) in [7, 11) is 1.62. The lowest BCUT2D eigenvalue weighted by molar-refractivity contribution is 0.281. The van der Waals surface area contributed by atoms with Gasteiger partial charge in [-0.1, -0.05) is 44.4 Å². The van der Waals surface area contributed by atoms with Gasteiger partial charge in [-0.3, -0.25) is 0 Å². The van der Waals surface area contributed by atoms with Crippen molar-refractivity contribution in [3.05, 3.63) is 39.8 Å². The summed E-state index contributed by atoms with van der Waals surface area (Å²) in [5.41, 5.74) is 10.9. The summed E-state index contributed by atoms with van der Waals surface area (Å²) in [4.78, 5) is 2.97. The van der Waals surface area contributed by atoms with Crippen LogP contribution in [0.5, 0.6) is 5.75 Å². The summed E-state index contributed by atoms with van der Waals surface area (Å²) in [6.45, 7) is 6.59. The second-order valence-electron chi connectivity index (χ2n) is 6.15. The van der Waals surface area contributed by atoms with Gasteiger partial charge in [0.25, 0.3) is 0 Å². The molecule has 0 radical (unpaired) electrons. The molecule has 1 atom stereocenters. The molecule has 0 aliphatic carbocycles. The number of hydrogen-bond acceptors (Lipinski definition) is 3. The molecule has 0 saturated carbocycles. The molecule has 0 aromatic heterocycles. The molecule has 116 valence electrons. The summed E-state index contributed by atoms with van der Waals surface area (Å²) in [6, 6.07) is 5.78. The van der Waals surface area contributed by atoms with E-state index in [1.54, 1.807) is 7.11 Å². The van der Waals surface area contributed by atoms with Crippen molar-refractivity contribution >= 4 is 0 Å². The topological polar surface area (TPSA) is 78.2 Å². The van der Waals surface area contributed by atoms with E-state index in [0.29, 0.717) is 12.8 Å². The molecular weight excluding hydrogens is 266 g/mol. The number of hydrogen-bond donors (Lipinski definition) is 1. The number of nitrogens with zero attached hydrogens (tertiary/aromatic N) is 3. The van der Waals surface area contributed by atoms with E-state index >= 15 is 0 Å². The number of ether oxygens (including phenoxy) is 1. The van der Waals surface area contributed by atoms with Crippen molar-refractivity contribution in [3.8, 4) is 5.75 Å². The van der Waals surface area contributed by atoms with Gasteiger partial charge in [0.15, 0.2) is 0 Å². The quantitative estimate of drug-likeness (QED) is 0.347. The Hall–Kier alpha value is -1.71. The smallest absolute Gasteiger partial charge is 0.122 e. The van der Waals surface area contributed by atoms with Crippen molar-refractivity contribution in [3.63, 3.8) is 0 Å². The van der Waals surface area contributed by atoms with Crippen molar-refractivity contribution in [2.24, 2.45) is 5.11 Å². The van der Waals surface area contributed by atoms with Crippen LogP contribution in [0.2, 0.25) is 0 Å². The zero-order chi connectivity index (χ0) is 15.9. The molecule has 1 aromatic carbocycles. The van der Waals surface area contributed by atoms with Gasteiger partial charge in [0, 0.05) is 17.1 Å². The van der Waals surface area contributed by atoms with E-state index in [2.05, 4.69) is 36.9 Å².